The molecule has 0 spiro atoms. The zero-order valence-corrected chi connectivity index (χ0v) is 10.5. The van der Waals surface area contributed by atoms with Crippen LogP contribution in [0.5, 0.6) is 0 Å². The first-order valence-electron chi connectivity index (χ1n) is 5.97. The van der Waals surface area contributed by atoms with Gasteiger partial charge in [-0.2, -0.15) is 0 Å². The van der Waals surface area contributed by atoms with Crippen molar-refractivity contribution in [3.05, 3.63) is 29.6 Å². The molecule has 0 bridgehead atoms. The molecule has 102 valence electrons. The van der Waals surface area contributed by atoms with Crippen molar-refractivity contribution in [2.45, 2.75) is 19.8 Å². The van der Waals surface area contributed by atoms with Gasteiger partial charge in [-0.15, -0.1) is 0 Å². The Labute approximate surface area is 109 Å². The van der Waals surface area contributed by atoms with Crippen molar-refractivity contribution in [3.8, 4) is 0 Å². The van der Waals surface area contributed by atoms with Gasteiger partial charge in [-0.05, 0) is 43.5 Å². The van der Waals surface area contributed by atoms with Gasteiger partial charge in [0.2, 0.25) is 0 Å². The van der Waals surface area contributed by atoms with Crippen LogP contribution < -0.4 is 10.6 Å². The lowest BCUT2D eigenvalue weighted by Crippen LogP contribution is -2.36. The van der Waals surface area contributed by atoms with Gasteiger partial charge < -0.3 is 15.7 Å². The second kappa shape index (κ2) is 4.87. The zero-order chi connectivity index (χ0) is 14.0. The van der Waals surface area contributed by atoms with Gasteiger partial charge in [0.1, 0.15) is 5.82 Å². The van der Waals surface area contributed by atoms with Gasteiger partial charge in [-0.25, -0.2) is 9.18 Å². The molecule has 1 aromatic rings. The van der Waals surface area contributed by atoms with E-state index in [1.807, 2.05) is 0 Å². The van der Waals surface area contributed by atoms with E-state index in [4.69, 9.17) is 5.11 Å². The Morgan fingerprint density at radius 2 is 2.11 bits per heavy atom. The first-order valence-corrected chi connectivity index (χ1v) is 5.97. The summed E-state index contributed by atoms with van der Waals surface area (Å²) >= 11 is 0. The standard InChI is InChI=1S/C13H15FN2O3/c1-8-6-9(14)2-3-10(8)16-12(19)15-7-13(4-5-13)11(17)18/h2-3,6H,4-5,7H2,1H3,(H,17,18)(H2,15,16,19). The fraction of sp³-hybridized carbons (Fsp3) is 0.385. The number of nitrogens with one attached hydrogen (secondary N) is 2. The average Bonchev–Trinajstić information content (AvgIpc) is 3.11. The lowest BCUT2D eigenvalue weighted by molar-refractivity contribution is -0.143. The smallest absolute Gasteiger partial charge is 0.319 e. The lowest BCUT2D eigenvalue weighted by atomic mass is 10.1. The topological polar surface area (TPSA) is 78.4 Å². The molecule has 0 radical (unpaired) electrons. The molecular formula is C13H15FN2O3. The highest BCUT2D eigenvalue weighted by atomic mass is 19.1. The minimum absolute atomic E-state index is 0.106. The van der Waals surface area contributed by atoms with Crippen molar-refractivity contribution in [3.63, 3.8) is 0 Å². The number of rotatable bonds is 4. The van der Waals surface area contributed by atoms with Crippen molar-refractivity contribution in [1.29, 1.82) is 0 Å². The summed E-state index contributed by atoms with van der Waals surface area (Å²) in [6.07, 6.45) is 1.16. The van der Waals surface area contributed by atoms with Gasteiger partial charge in [-0.1, -0.05) is 0 Å². The van der Waals surface area contributed by atoms with Crippen LogP contribution in [0.15, 0.2) is 18.2 Å². The molecule has 1 aromatic carbocycles. The number of carboxylic acid groups (broad SMARTS) is 1. The molecule has 0 heterocycles. The second-order valence-electron chi connectivity index (χ2n) is 4.85. The number of amides is 2. The van der Waals surface area contributed by atoms with Crippen LogP contribution in [0.1, 0.15) is 18.4 Å². The monoisotopic (exact) mass is 266 g/mol. The summed E-state index contributed by atoms with van der Waals surface area (Å²) < 4.78 is 12.9. The maximum absolute atomic E-state index is 12.9. The summed E-state index contributed by atoms with van der Waals surface area (Å²) in [4.78, 5) is 22.6. The molecule has 1 saturated carbocycles. The van der Waals surface area contributed by atoms with Gasteiger partial charge in [0.15, 0.2) is 0 Å². The molecular weight excluding hydrogens is 251 g/mol. The predicted molar refractivity (Wildman–Crippen MR) is 67.5 cm³/mol. The number of halogens is 1. The number of aryl methyl sites for hydroxylation is 1. The molecule has 0 aromatic heterocycles. The van der Waals surface area contributed by atoms with Gasteiger partial charge in [-0.3, -0.25) is 4.79 Å². The van der Waals surface area contributed by atoms with Crippen LogP contribution >= 0.6 is 0 Å². The highest BCUT2D eigenvalue weighted by molar-refractivity contribution is 5.90. The normalized spacial score (nSPS) is 15.7. The van der Waals surface area contributed by atoms with E-state index in [9.17, 15) is 14.0 Å². The van der Waals surface area contributed by atoms with Crippen LogP contribution in [0.2, 0.25) is 0 Å². The Kier molecular flexibility index (Phi) is 3.42. The van der Waals surface area contributed by atoms with Gasteiger partial charge >= 0.3 is 12.0 Å². The number of anilines is 1. The molecule has 3 N–H and O–H groups in total. The quantitative estimate of drug-likeness (QED) is 0.781. The van der Waals surface area contributed by atoms with Crippen molar-refractivity contribution in [2.75, 3.05) is 11.9 Å². The molecule has 1 aliphatic rings. The van der Waals surface area contributed by atoms with E-state index >= 15 is 0 Å². The van der Waals surface area contributed by atoms with Crippen LogP contribution in [0.3, 0.4) is 0 Å². The number of aliphatic carboxylic acids is 1. The first kappa shape index (κ1) is 13.3. The molecule has 19 heavy (non-hydrogen) atoms. The highest BCUT2D eigenvalue weighted by Gasteiger charge is 2.50. The second-order valence-corrected chi connectivity index (χ2v) is 4.85. The Balaban J connectivity index is 1.89. The molecule has 2 rings (SSSR count). The van der Waals surface area contributed by atoms with Crippen LogP contribution in [0.25, 0.3) is 0 Å². The number of hydrogen-bond acceptors (Lipinski definition) is 2. The van der Waals surface area contributed by atoms with Crippen LogP contribution in [-0.4, -0.2) is 23.7 Å². The van der Waals surface area contributed by atoms with Crippen molar-refractivity contribution < 1.29 is 19.1 Å². The predicted octanol–water partition coefficient (Wildman–Crippen LogP) is 2.12. The molecule has 5 nitrogen and oxygen atoms in total. The maximum Gasteiger partial charge on any atom is 0.319 e. The number of carbonyl (C=O) groups is 2. The number of hydrogen-bond donors (Lipinski definition) is 3. The fourth-order valence-corrected chi connectivity index (χ4v) is 1.80. The molecule has 0 saturated heterocycles. The largest absolute Gasteiger partial charge is 0.481 e. The van der Waals surface area contributed by atoms with Gasteiger partial charge in [0, 0.05) is 12.2 Å². The number of carboxylic acids is 1. The van der Waals surface area contributed by atoms with Crippen LogP contribution in [-0.2, 0) is 4.79 Å². The van der Waals surface area contributed by atoms with E-state index in [0.29, 0.717) is 24.1 Å². The van der Waals surface area contributed by atoms with Crippen molar-refractivity contribution in [1.82, 2.24) is 5.32 Å². The van der Waals surface area contributed by atoms with Gasteiger partial charge in [0.05, 0.1) is 5.41 Å². The lowest BCUT2D eigenvalue weighted by Gasteiger charge is -2.13. The van der Waals surface area contributed by atoms with E-state index < -0.39 is 17.4 Å². The van der Waals surface area contributed by atoms with Crippen LogP contribution in [0.4, 0.5) is 14.9 Å². The summed E-state index contributed by atoms with van der Waals surface area (Å²) in [6, 6.07) is 3.55. The summed E-state index contributed by atoms with van der Waals surface area (Å²) in [7, 11) is 0. The Bertz CT molecular complexity index is 527. The molecule has 1 fully saturated rings. The first-order chi connectivity index (χ1) is 8.93. The van der Waals surface area contributed by atoms with E-state index in [1.165, 1.54) is 18.2 Å². The molecule has 2 amide bonds. The number of carbonyl (C=O) groups excluding carboxylic acids is 1. The Morgan fingerprint density at radius 3 is 2.63 bits per heavy atom. The minimum Gasteiger partial charge on any atom is -0.481 e. The van der Waals surface area contributed by atoms with Gasteiger partial charge in [0.25, 0.3) is 0 Å². The molecule has 0 atom stereocenters. The molecule has 0 aliphatic heterocycles. The summed E-state index contributed by atoms with van der Waals surface area (Å²) in [5.41, 5.74) is 0.309. The van der Waals surface area contributed by atoms with Crippen LogP contribution in [0, 0.1) is 18.2 Å². The molecule has 6 heteroatoms. The highest BCUT2D eigenvalue weighted by Crippen LogP contribution is 2.45. The van der Waals surface area contributed by atoms with E-state index in [-0.39, 0.29) is 12.4 Å². The maximum atomic E-state index is 12.9. The Morgan fingerprint density at radius 1 is 1.42 bits per heavy atom. The van der Waals surface area contributed by atoms with E-state index in [2.05, 4.69) is 10.6 Å². The number of benzene rings is 1. The fourth-order valence-electron chi connectivity index (χ4n) is 1.80. The Hall–Kier alpha value is -2.11. The van der Waals surface area contributed by atoms with E-state index in [1.54, 1.807) is 6.92 Å². The molecule has 1 aliphatic carbocycles. The third-order valence-corrected chi connectivity index (χ3v) is 3.33. The SMILES string of the molecule is Cc1cc(F)ccc1NC(=O)NCC1(C(=O)O)CC1. The molecule has 0 unspecified atom stereocenters. The summed E-state index contributed by atoms with van der Waals surface area (Å²) in [5, 5.41) is 14.1. The third kappa shape index (κ3) is 3.01. The minimum atomic E-state index is -0.884. The average molecular weight is 266 g/mol. The summed E-state index contributed by atoms with van der Waals surface area (Å²) in [5.74, 6) is -1.25. The number of urea groups is 1. The van der Waals surface area contributed by atoms with Crippen molar-refractivity contribution >= 4 is 17.7 Å². The summed E-state index contributed by atoms with van der Waals surface area (Å²) in [6.45, 7) is 1.78. The van der Waals surface area contributed by atoms with Crippen molar-refractivity contribution in [2.24, 2.45) is 5.41 Å². The zero-order valence-electron chi connectivity index (χ0n) is 10.5. The third-order valence-electron chi connectivity index (χ3n) is 3.33. The van der Waals surface area contributed by atoms with E-state index in [0.717, 1.165) is 0 Å².